The van der Waals surface area contributed by atoms with Crippen molar-refractivity contribution in [3.63, 3.8) is 0 Å². The highest BCUT2D eigenvalue weighted by Crippen LogP contribution is 2.18. The van der Waals surface area contributed by atoms with Gasteiger partial charge in [0.15, 0.2) is 0 Å². The highest BCUT2D eigenvalue weighted by molar-refractivity contribution is 7.89. The predicted octanol–water partition coefficient (Wildman–Crippen LogP) is 1.86. The Kier molecular flexibility index (Phi) is 5.17. The van der Waals surface area contributed by atoms with Crippen molar-refractivity contribution in [3.05, 3.63) is 53.5 Å². The first-order valence-electron chi connectivity index (χ1n) is 6.81. The van der Waals surface area contributed by atoms with Gasteiger partial charge in [-0.2, -0.15) is 0 Å². The van der Waals surface area contributed by atoms with Gasteiger partial charge in [-0.25, -0.2) is 13.1 Å². The number of hydrogen-bond donors (Lipinski definition) is 2. The Morgan fingerprint density at radius 3 is 2.71 bits per heavy atom. The first kappa shape index (κ1) is 15.8. The number of aliphatic hydroxyl groups is 1. The van der Waals surface area contributed by atoms with E-state index in [2.05, 4.69) is 4.72 Å². The summed E-state index contributed by atoms with van der Waals surface area (Å²) in [6, 6.07) is 8.57. The zero-order chi connectivity index (χ0) is 15.3. The molecule has 0 radical (unpaired) electrons. The Bertz CT molecular complexity index is 678. The Balaban J connectivity index is 2.14. The van der Waals surface area contributed by atoms with Gasteiger partial charge in [-0.15, -0.1) is 0 Å². The van der Waals surface area contributed by atoms with E-state index in [0.717, 1.165) is 11.3 Å². The van der Waals surface area contributed by atoms with Crippen molar-refractivity contribution in [1.82, 2.24) is 4.72 Å². The topological polar surface area (TPSA) is 79.5 Å². The first-order valence-corrected chi connectivity index (χ1v) is 8.30. The molecule has 6 heteroatoms. The van der Waals surface area contributed by atoms with Crippen LogP contribution in [0.25, 0.3) is 0 Å². The summed E-state index contributed by atoms with van der Waals surface area (Å²) >= 11 is 0. The van der Waals surface area contributed by atoms with E-state index in [0.29, 0.717) is 18.4 Å². The highest BCUT2D eigenvalue weighted by Gasteiger charge is 2.18. The molecule has 21 heavy (non-hydrogen) atoms. The molecule has 0 atom stereocenters. The Morgan fingerprint density at radius 2 is 2.10 bits per heavy atom. The fourth-order valence-corrected chi connectivity index (χ4v) is 3.47. The molecule has 1 heterocycles. The molecule has 1 aromatic carbocycles. The van der Waals surface area contributed by atoms with E-state index >= 15 is 0 Å². The molecule has 0 saturated heterocycles. The molecule has 0 unspecified atom stereocenters. The highest BCUT2D eigenvalue weighted by atomic mass is 32.2. The summed E-state index contributed by atoms with van der Waals surface area (Å²) in [4.78, 5) is 0.232. The number of sulfonamides is 1. The summed E-state index contributed by atoms with van der Waals surface area (Å²) in [5.74, 6) is 0.734. The summed E-state index contributed by atoms with van der Waals surface area (Å²) < 4.78 is 32.5. The van der Waals surface area contributed by atoms with Gasteiger partial charge >= 0.3 is 0 Å². The lowest BCUT2D eigenvalue weighted by Crippen LogP contribution is -2.27. The van der Waals surface area contributed by atoms with Gasteiger partial charge in [0, 0.05) is 13.0 Å². The average molecular weight is 309 g/mol. The normalized spacial score (nSPS) is 11.7. The number of aliphatic hydroxyl groups excluding tert-OH is 1. The third kappa shape index (κ3) is 3.93. The molecule has 114 valence electrons. The van der Waals surface area contributed by atoms with Crippen LogP contribution in [0.15, 0.2) is 45.9 Å². The van der Waals surface area contributed by atoms with Crippen LogP contribution in [0.3, 0.4) is 0 Å². The number of hydrogen-bond acceptors (Lipinski definition) is 4. The smallest absolute Gasteiger partial charge is 0.240 e. The zero-order valence-corrected chi connectivity index (χ0v) is 12.7. The lowest BCUT2D eigenvalue weighted by molar-refractivity contribution is 0.281. The molecule has 0 amide bonds. The standard InChI is InChI=1S/C15H19NO4S/c1-2-13-6-5-12(11-17)10-15(13)21(18,19)16-8-7-14-4-3-9-20-14/h3-6,9-10,16-17H,2,7-8,11H2,1H3. The zero-order valence-electron chi connectivity index (χ0n) is 11.9. The van der Waals surface area contributed by atoms with Gasteiger partial charge in [0.05, 0.1) is 17.8 Å². The van der Waals surface area contributed by atoms with Crippen molar-refractivity contribution >= 4 is 10.0 Å². The Hall–Kier alpha value is -1.63. The van der Waals surface area contributed by atoms with Gasteiger partial charge in [-0.1, -0.05) is 19.1 Å². The largest absolute Gasteiger partial charge is 0.469 e. The van der Waals surface area contributed by atoms with Crippen LogP contribution >= 0.6 is 0 Å². The maximum atomic E-state index is 12.4. The van der Waals surface area contributed by atoms with Crippen LogP contribution in [0.1, 0.15) is 23.8 Å². The molecule has 0 fully saturated rings. The van der Waals surface area contributed by atoms with Crippen LogP contribution in [-0.4, -0.2) is 20.1 Å². The van der Waals surface area contributed by atoms with Gasteiger partial charge in [0.1, 0.15) is 5.76 Å². The van der Waals surface area contributed by atoms with Crippen molar-refractivity contribution < 1.29 is 17.9 Å². The van der Waals surface area contributed by atoms with E-state index in [1.54, 1.807) is 30.5 Å². The van der Waals surface area contributed by atoms with E-state index in [-0.39, 0.29) is 18.0 Å². The second kappa shape index (κ2) is 6.89. The molecule has 1 aromatic heterocycles. The van der Waals surface area contributed by atoms with E-state index < -0.39 is 10.0 Å². The fraction of sp³-hybridized carbons (Fsp3) is 0.333. The summed E-state index contributed by atoms with van der Waals surface area (Å²) in [6.07, 6.45) is 2.66. The molecule has 2 N–H and O–H groups in total. The second-order valence-corrected chi connectivity index (χ2v) is 6.42. The van der Waals surface area contributed by atoms with Crippen molar-refractivity contribution in [2.45, 2.75) is 31.3 Å². The molecule has 0 aliphatic heterocycles. The molecular formula is C15H19NO4S. The van der Waals surface area contributed by atoms with E-state index in [1.165, 1.54) is 6.07 Å². The third-order valence-corrected chi connectivity index (χ3v) is 4.77. The molecule has 0 saturated carbocycles. The van der Waals surface area contributed by atoms with Crippen molar-refractivity contribution in [2.24, 2.45) is 0 Å². The number of aryl methyl sites for hydroxylation is 1. The van der Waals surface area contributed by atoms with Crippen LogP contribution in [0.5, 0.6) is 0 Å². The van der Waals surface area contributed by atoms with Crippen LogP contribution in [0, 0.1) is 0 Å². The minimum atomic E-state index is -3.59. The number of benzene rings is 1. The molecule has 5 nitrogen and oxygen atoms in total. The van der Waals surface area contributed by atoms with E-state index in [9.17, 15) is 8.42 Å². The first-order chi connectivity index (χ1) is 10.1. The van der Waals surface area contributed by atoms with E-state index in [1.807, 2.05) is 6.92 Å². The van der Waals surface area contributed by atoms with Gasteiger partial charge in [-0.3, -0.25) is 0 Å². The van der Waals surface area contributed by atoms with Gasteiger partial charge < -0.3 is 9.52 Å². The average Bonchev–Trinajstić information content (AvgIpc) is 2.99. The van der Waals surface area contributed by atoms with Crippen molar-refractivity contribution in [1.29, 1.82) is 0 Å². The molecule has 2 rings (SSSR count). The summed E-state index contributed by atoms with van der Waals surface area (Å²) in [6.45, 7) is 1.98. The van der Waals surface area contributed by atoms with Crippen LogP contribution in [0.4, 0.5) is 0 Å². The van der Waals surface area contributed by atoms with Crippen LogP contribution in [-0.2, 0) is 29.5 Å². The second-order valence-electron chi connectivity index (χ2n) is 4.68. The summed E-state index contributed by atoms with van der Waals surface area (Å²) in [5, 5.41) is 9.16. The van der Waals surface area contributed by atoms with Gasteiger partial charge in [-0.05, 0) is 35.7 Å². The lowest BCUT2D eigenvalue weighted by atomic mass is 10.1. The summed E-state index contributed by atoms with van der Waals surface area (Å²) in [5.41, 5.74) is 1.32. The SMILES string of the molecule is CCc1ccc(CO)cc1S(=O)(=O)NCCc1ccco1. The maximum Gasteiger partial charge on any atom is 0.240 e. The summed E-state index contributed by atoms with van der Waals surface area (Å²) in [7, 11) is -3.59. The maximum absolute atomic E-state index is 12.4. The number of furan rings is 1. The van der Waals surface area contributed by atoms with Gasteiger partial charge in [0.2, 0.25) is 10.0 Å². The van der Waals surface area contributed by atoms with E-state index in [4.69, 9.17) is 9.52 Å². The quantitative estimate of drug-likeness (QED) is 0.818. The molecular weight excluding hydrogens is 290 g/mol. The Morgan fingerprint density at radius 1 is 1.29 bits per heavy atom. The van der Waals surface area contributed by atoms with Crippen LogP contribution < -0.4 is 4.72 Å². The number of nitrogens with one attached hydrogen (secondary N) is 1. The minimum absolute atomic E-state index is 0.182. The number of rotatable bonds is 7. The van der Waals surface area contributed by atoms with Crippen molar-refractivity contribution in [3.8, 4) is 0 Å². The van der Waals surface area contributed by atoms with Crippen LogP contribution in [0.2, 0.25) is 0 Å². The molecule has 2 aromatic rings. The molecule has 0 aliphatic carbocycles. The molecule has 0 spiro atoms. The lowest BCUT2D eigenvalue weighted by Gasteiger charge is -2.11. The minimum Gasteiger partial charge on any atom is -0.469 e. The predicted molar refractivity (Wildman–Crippen MR) is 79.3 cm³/mol. The monoisotopic (exact) mass is 309 g/mol. The molecule has 0 bridgehead atoms. The molecule has 0 aliphatic rings. The third-order valence-electron chi connectivity index (χ3n) is 3.23. The fourth-order valence-electron chi connectivity index (χ4n) is 2.08. The Labute approximate surface area is 124 Å². The van der Waals surface area contributed by atoms with Gasteiger partial charge in [0.25, 0.3) is 0 Å². The van der Waals surface area contributed by atoms with Crippen molar-refractivity contribution in [2.75, 3.05) is 6.54 Å².